The minimum atomic E-state index is -4.00. The van der Waals surface area contributed by atoms with E-state index in [9.17, 15) is 13.2 Å². The van der Waals surface area contributed by atoms with Gasteiger partial charge in [-0.3, -0.25) is 9.78 Å². The van der Waals surface area contributed by atoms with Crippen molar-refractivity contribution in [2.75, 3.05) is 5.73 Å². The predicted molar refractivity (Wildman–Crippen MR) is 109 cm³/mol. The van der Waals surface area contributed by atoms with Gasteiger partial charge in [-0.25, -0.2) is 23.5 Å². The Labute approximate surface area is 172 Å². The molecule has 0 radical (unpaired) electrons. The molecule has 0 aliphatic heterocycles. The zero-order chi connectivity index (χ0) is 20.8. The summed E-state index contributed by atoms with van der Waals surface area (Å²) in [6, 6.07) is 3.23. The van der Waals surface area contributed by atoms with Gasteiger partial charge in [0.05, 0.1) is 17.3 Å². The number of ketones is 1. The maximum atomic E-state index is 12.8. The molecule has 2 unspecified atom stereocenters. The molecule has 2 aromatic heterocycles. The number of allylic oxidation sites excluding steroid dienone is 3. The Hall–Kier alpha value is -2.62. The summed E-state index contributed by atoms with van der Waals surface area (Å²) in [7, 11) is -4.00. The Morgan fingerprint density at radius 1 is 1.28 bits per heavy atom. The molecule has 2 aliphatic rings. The number of hydrogen-bond acceptors (Lipinski definition) is 7. The van der Waals surface area contributed by atoms with Gasteiger partial charge in [0.25, 0.3) is 0 Å². The third-order valence-electron chi connectivity index (χ3n) is 5.20. The van der Waals surface area contributed by atoms with Crippen LogP contribution < -0.4 is 10.9 Å². The first-order chi connectivity index (χ1) is 13.7. The second-order valence-electron chi connectivity index (χ2n) is 7.09. The van der Waals surface area contributed by atoms with Crippen LogP contribution in [0.5, 0.6) is 0 Å². The highest BCUT2D eigenvalue weighted by atomic mass is 35.5. The first-order valence-electron chi connectivity index (χ1n) is 8.89. The molecular formula is C19H18ClN5O3S. The maximum absolute atomic E-state index is 12.8. The van der Waals surface area contributed by atoms with E-state index in [0.717, 1.165) is 12.8 Å². The van der Waals surface area contributed by atoms with E-state index in [0.29, 0.717) is 16.8 Å². The normalized spacial score (nSPS) is 24.2. The van der Waals surface area contributed by atoms with Gasteiger partial charge in [-0.05, 0) is 36.5 Å². The quantitative estimate of drug-likeness (QED) is 0.541. The number of rotatable bonds is 5. The van der Waals surface area contributed by atoms with Gasteiger partial charge in [-0.15, -0.1) is 11.6 Å². The monoisotopic (exact) mass is 431 g/mol. The highest BCUT2D eigenvalue weighted by molar-refractivity contribution is 7.91. The highest BCUT2D eigenvalue weighted by Gasteiger charge is 2.56. The van der Waals surface area contributed by atoms with Gasteiger partial charge in [0, 0.05) is 18.0 Å². The number of nitrogens with zero attached hydrogens (tertiary/aromatic N) is 3. The number of alkyl halides is 1. The zero-order valence-electron chi connectivity index (χ0n) is 15.2. The number of halogens is 1. The molecule has 2 heterocycles. The molecule has 1 saturated carbocycles. The van der Waals surface area contributed by atoms with Crippen LogP contribution in [0.15, 0.2) is 49.0 Å². The third kappa shape index (κ3) is 3.35. The molecule has 0 saturated heterocycles. The fraction of sp³-hybridized carbons (Fsp3) is 0.263. The average Bonchev–Trinajstić information content (AvgIpc) is 3.54. The summed E-state index contributed by atoms with van der Waals surface area (Å²) >= 11 is 6.39. The molecule has 2 aromatic rings. The van der Waals surface area contributed by atoms with Crippen molar-refractivity contribution in [1.29, 1.82) is 0 Å². The van der Waals surface area contributed by atoms with Crippen LogP contribution >= 0.6 is 11.6 Å². The lowest BCUT2D eigenvalue weighted by Gasteiger charge is -2.34. The molecule has 150 valence electrons. The van der Waals surface area contributed by atoms with Gasteiger partial charge in [-0.1, -0.05) is 18.2 Å². The lowest BCUT2D eigenvalue weighted by Crippen LogP contribution is -2.51. The number of carbonyl (C=O) groups is 1. The molecule has 4 rings (SSSR count). The number of nitrogen functional groups attached to an aromatic ring is 1. The van der Waals surface area contributed by atoms with E-state index in [4.69, 9.17) is 22.5 Å². The molecule has 4 N–H and O–H groups in total. The van der Waals surface area contributed by atoms with Gasteiger partial charge in [-0.2, -0.15) is 0 Å². The van der Waals surface area contributed by atoms with Crippen molar-refractivity contribution in [2.45, 2.75) is 23.0 Å². The summed E-state index contributed by atoms with van der Waals surface area (Å²) in [6.45, 7) is 0. The van der Waals surface area contributed by atoms with Crippen molar-refractivity contribution >= 4 is 38.8 Å². The lowest BCUT2D eigenvalue weighted by atomic mass is 9.89. The first kappa shape index (κ1) is 19.7. The molecule has 29 heavy (non-hydrogen) atoms. The second kappa shape index (κ2) is 7.01. The SMILES string of the molecule is Nc1ncc(C2=CC(C3CC3)(S(N)(=O)=O)C(Cl)C=C2)nc1C(=O)c1cccnc1. The number of hydrogen-bond donors (Lipinski definition) is 2. The molecule has 0 bridgehead atoms. The van der Waals surface area contributed by atoms with Crippen LogP contribution in [0.2, 0.25) is 0 Å². The Morgan fingerprint density at radius 2 is 2.03 bits per heavy atom. The van der Waals surface area contributed by atoms with E-state index in [1.807, 2.05) is 0 Å². The number of sulfonamides is 1. The Bertz CT molecular complexity index is 1150. The largest absolute Gasteiger partial charge is 0.382 e. The molecule has 0 aromatic carbocycles. The number of aromatic nitrogens is 3. The molecular weight excluding hydrogens is 414 g/mol. The van der Waals surface area contributed by atoms with Crippen molar-refractivity contribution in [3.05, 3.63) is 65.9 Å². The van der Waals surface area contributed by atoms with Crippen LogP contribution in [0.1, 0.15) is 34.6 Å². The molecule has 0 amide bonds. The fourth-order valence-corrected chi connectivity index (χ4v) is 5.63. The van der Waals surface area contributed by atoms with Crippen LogP contribution in [0.3, 0.4) is 0 Å². The number of pyridine rings is 1. The van der Waals surface area contributed by atoms with Crippen LogP contribution in [0, 0.1) is 5.92 Å². The summed E-state index contributed by atoms with van der Waals surface area (Å²) in [5.74, 6) is -0.628. The standard InChI is InChI=1S/C19H18ClN5O3S/c20-15-6-3-11(8-19(15,13-4-5-13)29(22,27)28)14-10-24-18(21)16(25-14)17(26)12-2-1-7-23-9-12/h1-3,6-10,13,15H,4-5H2,(H2,21,24)(H2,22,27,28). The molecule has 8 nitrogen and oxygen atoms in total. The van der Waals surface area contributed by atoms with E-state index in [1.165, 1.54) is 18.5 Å². The van der Waals surface area contributed by atoms with Crippen molar-refractivity contribution in [1.82, 2.24) is 15.0 Å². The average molecular weight is 432 g/mol. The first-order valence-corrected chi connectivity index (χ1v) is 10.9. The summed E-state index contributed by atoms with van der Waals surface area (Å²) in [6.07, 6.45) is 10.6. The number of nitrogens with two attached hydrogens (primary N) is 2. The number of carbonyl (C=O) groups excluding carboxylic acids is 1. The van der Waals surface area contributed by atoms with Gasteiger partial charge in [0.2, 0.25) is 15.8 Å². The van der Waals surface area contributed by atoms with Crippen molar-refractivity contribution in [3.8, 4) is 0 Å². The summed E-state index contributed by atoms with van der Waals surface area (Å²) in [4.78, 5) is 25.1. The maximum Gasteiger partial charge on any atom is 0.220 e. The third-order valence-corrected chi connectivity index (χ3v) is 7.53. The van der Waals surface area contributed by atoms with Crippen molar-refractivity contribution in [3.63, 3.8) is 0 Å². The van der Waals surface area contributed by atoms with E-state index in [-0.39, 0.29) is 17.4 Å². The van der Waals surface area contributed by atoms with E-state index in [2.05, 4.69) is 15.0 Å². The van der Waals surface area contributed by atoms with Gasteiger partial charge in [0.1, 0.15) is 4.75 Å². The van der Waals surface area contributed by atoms with E-state index < -0.39 is 25.9 Å². The zero-order valence-corrected chi connectivity index (χ0v) is 16.8. The van der Waals surface area contributed by atoms with Gasteiger partial charge < -0.3 is 5.73 Å². The summed E-state index contributed by atoms with van der Waals surface area (Å²) in [5.41, 5.74) is 6.92. The van der Waals surface area contributed by atoms with Gasteiger partial charge >= 0.3 is 0 Å². The Kier molecular flexibility index (Phi) is 4.76. The highest BCUT2D eigenvalue weighted by Crippen LogP contribution is 2.51. The van der Waals surface area contributed by atoms with Crippen LogP contribution in [-0.2, 0) is 10.0 Å². The van der Waals surface area contributed by atoms with E-state index in [1.54, 1.807) is 30.5 Å². The topological polar surface area (TPSA) is 142 Å². The molecule has 0 spiro atoms. The van der Waals surface area contributed by atoms with Crippen LogP contribution in [-0.4, -0.2) is 39.3 Å². The minimum Gasteiger partial charge on any atom is -0.382 e. The Balaban J connectivity index is 1.80. The van der Waals surface area contributed by atoms with Gasteiger partial charge in [0.15, 0.2) is 11.5 Å². The molecule has 2 aliphatic carbocycles. The van der Waals surface area contributed by atoms with Crippen molar-refractivity contribution in [2.24, 2.45) is 11.1 Å². The number of primary sulfonamides is 1. The molecule has 1 fully saturated rings. The molecule has 10 heteroatoms. The minimum absolute atomic E-state index is 0.0295. The number of anilines is 1. The fourth-order valence-electron chi connectivity index (χ4n) is 3.56. The van der Waals surface area contributed by atoms with Crippen LogP contribution in [0.4, 0.5) is 5.82 Å². The van der Waals surface area contributed by atoms with E-state index >= 15 is 0 Å². The smallest absolute Gasteiger partial charge is 0.220 e. The van der Waals surface area contributed by atoms with Crippen LogP contribution in [0.25, 0.3) is 5.57 Å². The summed E-state index contributed by atoms with van der Waals surface area (Å²) < 4.78 is 23.6. The Morgan fingerprint density at radius 3 is 2.66 bits per heavy atom. The predicted octanol–water partition coefficient (Wildman–Crippen LogP) is 1.68. The lowest BCUT2D eigenvalue weighted by molar-refractivity contribution is 0.103. The molecule has 2 atom stereocenters. The van der Waals surface area contributed by atoms with Crippen molar-refractivity contribution < 1.29 is 13.2 Å². The summed E-state index contributed by atoms with van der Waals surface area (Å²) in [5, 5.41) is 4.79. The second-order valence-corrected chi connectivity index (χ2v) is 9.36.